The number of nitrogens with zero attached hydrogens (tertiary/aromatic N) is 1. The molecule has 1 radical (unpaired) electrons. The number of benzene rings is 8. The van der Waals surface area contributed by atoms with Crippen LogP contribution in [0.5, 0.6) is 0 Å². The van der Waals surface area contributed by atoms with Gasteiger partial charge >= 0.3 is 0 Å². The third-order valence-electron chi connectivity index (χ3n) is 16.6. The van der Waals surface area contributed by atoms with Crippen LogP contribution >= 0.6 is 11.3 Å². The highest BCUT2D eigenvalue weighted by Crippen LogP contribution is 2.52. The Balaban J connectivity index is 1.05. The van der Waals surface area contributed by atoms with Crippen LogP contribution in [0.4, 0.5) is 11.4 Å². The van der Waals surface area contributed by atoms with E-state index >= 15 is 0 Å². The normalized spacial score (nSPS) is 16.4. The van der Waals surface area contributed by atoms with E-state index in [1.54, 1.807) is 0 Å². The van der Waals surface area contributed by atoms with E-state index in [0.29, 0.717) is 0 Å². The van der Waals surface area contributed by atoms with Crippen molar-refractivity contribution in [1.82, 2.24) is 4.57 Å². The highest BCUT2D eigenvalue weighted by molar-refractivity contribution is 7.25. The summed E-state index contributed by atoms with van der Waals surface area (Å²) < 4.78 is 11.8. The molecular formula is C63H54BN2OS. The minimum Gasteiger partial charge on any atom is -0.456 e. The smallest absolute Gasteiger partial charge is 0.197 e. The van der Waals surface area contributed by atoms with Crippen LogP contribution in [0.25, 0.3) is 91.9 Å². The zero-order valence-electron chi connectivity index (χ0n) is 40.5. The molecule has 0 atom stereocenters. The molecule has 331 valence electrons. The molecule has 0 saturated carbocycles. The number of nitrogens with one attached hydrogen (secondary N) is 1. The lowest BCUT2D eigenvalue weighted by Crippen LogP contribution is -2.38. The first-order chi connectivity index (χ1) is 32.5. The van der Waals surface area contributed by atoms with E-state index in [2.05, 4.69) is 213 Å². The first-order valence-electron chi connectivity index (χ1n) is 24.5. The van der Waals surface area contributed by atoms with Crippen molar-refractivity contribution in [2.24, 2.45) is 0 Å². The summed E-state index contributed by atoms with van der Waals surface area (Å²) in [6, 6.07) is 51.1. The van der Waals surface area contributed by atoms with Crippen LogP contribution in [-0.2, 0) is 21.7 Å². The zero-order valence-corrected chi connectivity index (χ0v) is 41.3. The third kappa shape index (κ3) is 5.54. The van der Waals surface area contributed by atoms with Crippen LogP contribution in [0.2, 0.25) is 0 Å². The molecule has 2 aliphatic carbocycles. The largest absolute Gasteiger partial charge is 0.456 e. The number of hydrogen-bond donors (Lipinski definition) is 1. The monoisotopic (exact) mass is 897 g/mol. The van der Waals surface area contributed by atoms with Gasteiger partial charge in [-0.3, -0.25) is 0 Å². The molecule has 0 saturated heterocycles. The second kappa shape index (κ2) is 13.4. The Hall–Kier alpha value is -6.56. The molecule has 0 fully saturated rings. The second-order valence-corrected chi connectivity index (χ2v) is 24.2. The van der Waals surface area contributed by atoms with Crippen LogP contribution in [0, 0.1) is 0 Å². The van der Waals surface area contributed by atoms with Gasteiger partial charge in [0.1, 0.15) is 11.2 Å². The highest BCUT2D eigenvalue weighted by Gasteiger charge is 2.39. The van der Waals surface area contributed by atoms with Crippen molar-refractivity contribution in [2.75, 3.05) is 5.32 Å². The van der Waals surface area contributed by atoms with E-state index in [9.17, 15) is 0 Å². The van der Waals surface area contributed by atoms with Gasteiger partial charge in [0.05, 0.1) is 5.52 Å². The molecule has 3 aromatic heterocycles. The molecule has 11 aromatic rings. The summed E-state index contributed by atoms with van der Waals surface area (Å²) in [5.41, 5.74) is 22.6. The van der Waals surface area contributed by atoms with Gasteiger partial charge in [0.25, 0.3) is 0 Å². The van der Waals surface area contributed by atoms with Gasteiger partial charge in [-0.1, -0.05) is 141 Å². The SMILES string of the molecule is CC(C)(C)c1ccc(Nc2cc3c(cc2-c2ccc4c5cc6oc7ccccc7c6cc5n5c4c2[B]c2cc4c(cc2-5)-c2ccccc2C4(C)C)sc2cc4c(cc23)C(C)(C)CCC4(C)C)cc1. The van der Waals surface area contributed by atoms with Crippen molar-refractivity contribution in [3.8, 4) is 27.9 Å². The Bertz CT molecular complexity index is 4030. The number of aromatic nitrogens is 1. The van der Waals surface area contributed by atoms with E-state index < -0.39 is 0 Å². The lowest BCUT2D eigenvalue weighted by Gasteiger charge is -2.41. The van der Waals surface area contributed by atoms with Gasteiger partial charge in [-0.2, -0.15) is 0 Å². The molecule has 0 amide bonds. The quantitative estimate of drug-likeness (QED) is 0.179. The fourth-order valence-corrected chi connectivity index (χ4v) is 13.8. The molecular weight excluding hydrogens is 844 g/mol. The number of hydrogen-bond acceptors (Lipinski definition) is 3. The lowest BCUT2D eigenvalue weighted by atomic mass is 9.58. The number of para-hydroxylation sites is 1. The van der Waals surface area contributed by atoms with Gasteiger partial charge in [-0.05, 0) is 140 Å². The minimum absolute atomic E-state index is 0.0656. The summed E-state index contributed by atoms with van der Waals surface area (Å²) in [4.78, 5) is 0. The summed E-state index contributed by atoms with van der Waals surface area (Å²) in [7, 11) is 2.50. The molecule has 68 heavy (non-hydrogen) atoms. The molecule has 5 heteroatoms. The predicted molar refractivity (Wildman–Crippen MR) is 293 cm³/mol. The van der Waals surface area contributed by atoms with Crippen LogP contribution in [0.15, 0.2) is 138 Å². The van der Waals surface area contributed by atoms with Crippen molar-refractivity contribution < 1.29 is 4.42 Å². The first-order valence-corrected chi connectivity index (χ1v) is 25.3. The maximum absolute atomic E-state index is 6.58. The first kappa shape index (κ1) is 40.5. The molecule has 0 bridgehead atoms. The maximum Gasteiger partial charge on any atom is 0.197 e. The standard InChI is InChI=1S/C63H54BN2OS/c1-60(2,3)34-18-20-35(21-19-34)65-51-27-45-44-26-48-49(62(6,7)25-24-61(48,4)5)33-57(44)68-56(45)31-41(51)38-22-23-39-42-30-55-43(37-15-11-13-17-54(37)67-55)29-52(42)66-53-28-40-36-14-10-12-16-46(36)63(8,9)47(40)32-50(53)64-58(38)59(39)66/h10-23,26-33,65H,24-25H2,1-9H3. The molecule has 8 aromatic carbocycles. The summed E-state index contributed by atoms with van der Waals surface area (Å²) in [5.74, 6) is 0. The van der Waals surface area contributed by atoms with Gasteiger partial charge in [0.2, 0.25) is 0 Å². The maximum atomic E-state index is 6.58. The van der Waals surface area contributed by atoms with Gasteiger partial charge in [0.15, 0.2) is 7.28 Å². The zero-order chi connectivity index (χ0) is 46.4. The van der Waals surface area contributed by atoms with Gasteiger partial charge in [0, 0.05) is 75.3 Å². The van der Waals surface area contributed by atoms with E-state index in [0.717, 1.165) is 33.3 Å². The van der Waals surface area contributed by atoms with Crippen LogP contribution in [-0.4, -0.2) is 11.8 Å². The Labute approximate surface area is 403 Å². The second-order valence-electron chi connectivity index (χ2n) is 23.1. The van der Waals surface area contributed by atoms with Gasteiger partial charge < -0.3 is 14.3 Å². The molecule has 1 aliphatic heterocycles. The van der Waals surface area contributed by atoms with Crippen molar-refractivity contribution in [3.63, 3.8) is 0 Å². The molecule has 14 rings (SSSR count). The average Bonchev–Trinajstić information content (AvgIpc) is 4.02. The topological polar surface area (TPSA) is 30.1 Å². The Morgan fingerprint density at radius 2 is 1.28 bits per heavy atom. The van der Waals surface area contributed by atoms with Crippen molar-refractivity contribution in [1.29, 1.82) is 0 Å². The number of furan rings is 1. The number of thiophene rings is 1. The molecule has 1 N–H and O–H groups in total. The number of anilines is 2. The summed E-state index contributed by atoms with van der Waals surface area (Å²) >= 11 is 1.95. The highest BCUT2D eigenvalue weighted by atomic mass is 32.1. The lowest BCUT2D eigenvalue weighted by molar-refractivity contribution is 0.332. The molecule has 4 heterocycles. The Kier molecular flexibility index (Phi) is 7.96. The molecule has 3 aliphatic rings. The van der Waals surface area contributed by atoms with Gasteiger partial charge in [-0.15, -0.1) is 11.3 Å². The van der Waals surface area contributed by atoms with Crippen molar-refractivity contribution >= 4 is 105 Å². The molecule has 0 spiro atoms. The number of rotatable bonds is 3. The molecule has 0 unspecified atom stereocenters. The summed E-state index contributed by atoms with van der Waals surface area (Å²) in [6.07, 6.45) is 2.40. The van der Waals surface area contributed by atoms with E-state index in [1.165, 1.54) is 122 Å². The summed E-state index contributed by atoms with van der Waals surface area (Å²) in [6.45, 7) is 21.4. The van der Waals surface area contributed by atoms with E-state index in [-0.39, 0.29) is 21.7 Å². The Morgan fingerprint density at radius 1 is 0.559 bits per heavy atom. The number of fused-ring (bicyclic) bond motifs is 15. The third-order valence-corrected chi connectivity index (χ3v) is 17.8. The van der Waals surface area contributed by atoms with Crippen LogP contribution in [0.1, 0.15) is 103 Å². The van der Waals surface area contributed by atoms with E-state index in [4.69, 9.17) is 4.42 Å². The summed E-state index contributed by atoms with van der Waals surface area (Å²) in [5, 5.41) is 11.4. The minimum atomic E-state index is -0.125. The predicted octanol–water partition coefficient (Wildman–Crippen LogP) is 16.4. The van der Waals surface area contributed by atoms with Crippen LogP contribution < -0.4 is 16.2 Å². The Morgan fingerprint density at radius 3 is 2.07 bits per heavy atom. The fourth-order valence-electron chi connectivity index (χ4n) is 12.6. The van der Waals surface area contributed by atoms with E-state index in [1.807, 2.05) is 11.3 Å². The fraction of sp³-hybridized carbons (Fsp3) is 0.238. The van der Waals surface area contributed by atoms with Crippen molar-refractivity contribution in [2.45, 2.75) is 96.8 Å². The van der Waals surface area contributed by atoms with Crippen LogP contribution in [0.3, 0.4) is 0 Å². The van der Waals surface area contributed by atoms with Gasteiger partial charge in [-0.25, -0.2) is 0 Å². The van der Waals surface area contributed by atoms with Crippen molar-refractivity contribution in [3.05, 3.63) is 161 Å². The average molecular weight is 898 g/mol. The molecule has 3 nitrogen and oxygen atoms in total.